The van der Waals surface area contributed by atoms with Crippen LogP contribution < -0.4 is 4.74 Å². The molecule has 0 unspecified atom stereocenters. The zero-order chi connectivity index (χ0) is 16.5. The molecule has 0 aliphatic carbocycles. The Bertz CT molecular complexity index is 983. The standard InChI is InChI=1S/C21H15FO2/c1-23-18-9-6-15(7-10-18)14-2-4-16(5-3-14)20-13-24-21-11-8-17(22)12-19(20)21/h2-13H,1H3. The first-order chi connectivity index (χ1) is 11.7. The fraction of sp³-hybridized carbons (Fsp3) is 0.0476. The van der Waals surface area contributed by atoms with Crippen LogP contribution in [0.15, 0.2) is 77.4 Å². The highest BCUT2D eigenvalue weighted by atomic mass is 19.1. The first-order valence-corrected chi connectivity index (χ1v) is 7.66. The summed E-state index contributed by atoms with van der Waals surface area (Å²) < 4.78 is 24.2. The third-order valence-electron chi connectivity index (χ3n) is 4.15. The molecule has 0 aliphatic heterocycles. The van der Waals surface area contributed by atoms with E-state index in [1.165, 1.54) is 12.1 Å². The summed E-state index contributed by atoms with van der Waals surface area (Å²) in [6, 6.07) is 20.6. The van der Waals surface area contributed by atoms with E-state index in [4.69, 9.17) is 9.15 Å². The number of hydrogen-bond acceptors (Lipinski definition) is 2. The van der Waals surface area contributed by atoms with E-state index in [0.717, 1.165) is 33.4 Å². The summed E-state index contributed by atoms with van der Waals surface area (Å²) in [5.41, 5.74) is 4.80. The minimum atomic E-state index is -0.264. The van der Waals surface area contributed by atoms with Gasteiger partial charge in [-0.05, 0) is 47.0 Å². The summed E-state index contributed by atoms with van der Waals surface area (Å²) in [7, 11) is 1.65. The Balaban J connectivity index is 1.71. The third-order valence-corrected chi connectivity index (χ3v) is 4.15. The van der Waals surface area contributed by atoms with Gasteiger partial charge in [0.25, 0.3) is 0 Å². The van der Waals surface area contributed by atoms with Crippen molar-refractivity contribution in [1.82, 2.24) is 0 Å². The van der Waals surface area contributed by atoms with Crippen molar-refractivity contribution >= 4 is 11.0 Å². The molecule has 0 saturated carbocycles. The van der Waals surface area contributed by atoms with Crippen LogP contribution in [-0.4, -0.2) is 7.11 Å². The Hall–Kier alpha value is -3.07. The minimum Gasteiger partial charge on any atom is -0.497 e. The summed E-state index contributed by atoms with van der Waals surface area (Å²) in [4.78, 5) is 0. The number of rotatable bonds is 3. The van der Waals surface area contributed by atoms with Crippen molar-refractivity contribution in [3.8, 4) is 28.0 Å². The average Bonchev–Trinajstić information content (AvgIpc) is 3.05. The average molecular weight is 318 g/mol. The summed E-state index contributed by atoms with van der Waals surface area (Å²) in [5.74, 6) is 0.572. The van der Waals surface area contributed by atoms with Gasteiger partial charge in [0.2, 0.25) is 0 Å². The van der Waals surface area contributed by atoms with Crippen molar-refractivity contribution in [2.45, 2.75) is 0 Å². The van der Waals surface area contributed by atoms with Gasteiger partial charge in [-0.15, -0.1) is 0 Å². The molecule has 0 amide bonds. The van der Waals surface area contributed by atoms with Crippen molar-refractivity contribution in [2.75, 3.05) is 7.11 Å². The van der Waals surface area contributed by atoms with Gasteiger partial charge in [-0.3, -0.25) is 0 Å². The lowest BCUT2D eigenvalue weighted by molar-refractivity contribution is 0.415. The van der Waals surface area contributed by atoms with Gasteiger partial charge < -0.3 is 9.15 Å². The lowest BCUT2D eigenvalue weighted by Crippen LogP contribution is -1.83. The van der Waals surface area contributed by atoms with E-state index < -0.39 is 0 Å². The highest BCUT2D eigenvalue weighted by Crippen LogP contribution is 2.32. The minimum absolute atomic E-state index is 0.264. The van der Waals surface area contributed by atoms with E-state index in [9.17, 15) is 4.39 Å². The molecule has 3 aromatic carbocycles. The zero-order valence-electron chi connectivity index (χ0n) is 13.1. The van der Waals surface area contributed by atoms with Crippen molar-refractivity contribution in [1.29, 1.82) is 0 Å². The molecule has 1 heterocycles. The second kappa shape index (κ2) is 5.85. The van der Waals surface area contributed by atoms with E-state index in [1.807, 2.05) is 36.4 Å². The highest BCUT2D eigenvalue weighted by Gasteiger charge is 2.09. The maximum absolute atomic E-state index is 13.5. The summed E-state index contributed by atoms with van der Waals surface area (Å²) in [5, 5.41) is 0.784. The molecular formula is C21H15FO2. The Kier molecular flexibility index (Phi) is 3.54. The molecule has 2 nitrogen and oxygen atoms in total. The lowest BCUT2D eigenvalue weighted by atomic mass is 10.00. The summed E-state index contributed by atoms with van der Waals surface area (Å²) >= 11 is 0. The highest BCUT2D eigenvalue weighted by molar-refractivity contribution is 5.94. The number of hydrogen-bond donors (Lipinski definition) is 0. The predicted molar refractivity (Wildman–Crippen MR) is 93.6 cm³/mol. The maximum atomic E-state index is 13.5. The number of methoxy groups -OCH3 is 1. The Labute approximate surface area is 139 Å². The van der Waals surface area contributed by atoms with Crippen LogP contribution in [0.1, 0.15) is 0 Å². The SMILES string of the molecule is COc1ccc(-c2ccc(-c3coc4ccc(F)cc34)cc2)cc1. The summed E-state index contributed by atoms with van der Waals surface area (Å²) in [6.45, 7) is 0. The Morgan fingerprint density at radius 1 is 0.792 bits per heavy atom. The Morgan fingerprint density at radius 2 is 1.42 bits per heavy atom. The maximum Gasteiger partial charge on any atom is 0.134 e. The van der Waals surface area contributed by atoms with Crippen LogP contribution >= 0.6 is 0 Å². The summed E-state index contributed by atoms with van der Waals surface area (Å²) in [6.07, 6.45) is 1.67. The molecule has 0 spiro atoms. The quantitative estimate of drug-likeness (QED) is 0.468. The van der Waals surface area contributed by atoms with Crippen LogP contribution in [0.3, 0.4) is 0 Å². The fourth-order valence-electron chi connectivity index (χ4n) is 2.85. The van der Waals surface area contributed by atoms with Gasteiger partial charge >= 0.3 is 0 Å². The number of fused-ring (bicyclic) bond motifs is 1. The van der Waals surface area contributed by atoms with Gasteiger partial charge in [-0.2, -0.15) is 0 Å². The molecule has 0 fully saturated rings. The van der Waals surface area contributed by atoms with E-state index in [1.54, 1.807) is 19.4 Å². The number of halogens is 1. The van der Waals surface area contributed by atoms with E-state index >= 15 is 0 Å². The van der Waals surface area contributed by atoms with E-state index in [-0.39, 0.29) is 5.82 Å². The van der Waals surface area contributed by atoms with Crippen molar-refractivity contribution in [3.63, 3.8) is 0 Å². The predicted octanol–water partition coefficient (Wildman–Crippen LogP) is 5.91. The van der Waals surface area contributed by atoms with Crippen LogP contribution in [0.4, 0.5) is 4.39 Å². The molecule has 0 N–H and O–H groups in total. The zero-order valence-corrected chi connectivity index (χ0v) is 13.1. The van der Waals surface area contributed by atoms with Crippen LogP contribution in [0.5, 0.6) is 5.75 Å². The van der Waals surface area contributed by atoms with E-state index in [0.29, 0.717) is 5.58 Å². The fourth-order valence-corrected chi connectivity index (χ4v) is 2.85. The number of furan rings is 1. The van der Waals surface area contributed by atoms with Crippen LogP contribution in [0.25, 0.3) is 33.2 Å². The smallest absolute Gasteiger partial charge is 0.134 e. The molecule has 24 heavy (non-hydrogen) atoms. The molecule has 0 bridgehead atoms. The first kappa shape index (κ1) is 14.5. The molecular weight excluding hydrogens is 303 g/mol. The normalized spacial score (nSPS) is 10.9. The van der Waals surface area contributed by atoms with Gasteiger partial charge in [0.15, 0.2) is 0 Å². The van der Waals surface area contributed by atoms with Crippen molar-refractivity contribution in [2.24, 2.45) is 0 Å². The largest absolute Gasteiger partial charge is 0.497 e. The second-order valence-electron chi connectivity index (χ2n) is 5.60. The van der Waals surface area contributed by atoms with Gasteiger partial charge in [0.1, 0.15) is 17.1 Å². The van der Waals surface area contributed by atoms with Gasteiger partial charge in [-0.1, -0.05) is 36.4 Å². The van der Waals surface area contributed by atoms with E-state index in [2.05, 4.69) is 12.1 Å². The molecule has 4 aromatic rings. The molecule has 4 rings (SSSR count). The molecule has 0 atom stereocenters. The van der Waals surface area contributed by atoms with Gasteiger partial charge in [0.05, 0.1) is 13.4 Å². The molecule has 118 valence electrons. The molecule has 3 heteroatoms. The number of benzene rings is 3. The molecule has 0 radical (unpaired) electrons. The Morgan fingerprint density at radius 3 is 2.08 bits per heavy atom. The third kappa shape index (κ3) is 2.54. The molecule has 0 saturated heterocycles. The van der Waals surface area contributed by atoms with Gasteiger partial charge in [0, 0.05) is 10.9 Å². The first-order valence-electron chi connectivity index (χ1n) is 7.66. The van der Waals surface area contributed by atoms with Gasteiger partial charge in [-0.25, -0.2) is 4.39 Å². The van der Waals surface area contributed by atoms with Crippen molar-refractivity contribution < 1.29 is 13.5 Å². The molecule has 0 aliphatic rings. The topological polar surface area (TPSA) is 22.4 Å². The van der Waals surface area contributed by atoms with Crippen LogP contribution in [0, 0.1) is 5.82 Å². The van der Waals surface area contributed by atoms with Crippen LogP contribution in [0.2, 0.25) is 0 Å². The van der Waals surface area contributed by atoms with Crippen molar-refractivity contribution in [3.05, 3.63) is 78.8 Å². The molecule has 1 aromatic heterocycles. The lowest BCUT2D eigenvalue weighted by Gasteiger charge is -2.05. The second-order valence-corrected chi connectivity index (χ2v) is 5.60. The van der Waals surface area contributed by atoms with Crippen LogP contribution in [-0.2, 0) is 0 Å². The monoisotopic (exact) mass is 318 g/mol. The number of ether oxygens (including phenoxy) is 1.